The number of carbonyl (C=O) groups is 1. The fraction of sp³-hybridized carbons (Fsp3) is 0.381. The number of benzene rings is 1. The van der Waals surface area contributed by atoms with E-state index in [0.717, 1.165) is 42.6 Å². The van der Waals surface area contributed by atoms with Crippen LogP contribution in [0, 0.1) is 36.4 Å². The topological polar surface area (TPSA) is 123 Å². The zero-order chi connectivity index (χ0) is 21.8. The number of aryl methyl sites for hydroxylation is 2. The first kappa shape index (κ1) is 21.4. The van der Waals surface area contributed by atoms with Gasteiger partial charge in [0.25, 0.3) is 5.91 Å². The van der Waals surface area contributed by atoms with Crippen molar-refractivity contribution in [2.75, 3.05) is 30.3 Å². The molecule has 3 heterocycles. The number of rotatable bonds is 3. The van der Waals surface area contributed by atoms with E-state index in [9.17, 15) is 9.18 Å². The van der Waals surface area contributed by atoms with E-state index in [2.05, 4.69) is 14.9 Å². The molecule has 2 aliphatic rings. The predicted molar refractivity (Wildman–Crippen MR) is 115 cm³/mol. The molecule has 9 heteroatoms. The van der Waals surface area contributed by atoms with E-state index in [0.29, 0.717) is 24.6 Å². The number of piperidine rings is 1. The molecule has 0 saturated carbocycles. The van der Waals surface area contributed by atoms with Crippen LogP contribution in [0.25, 0.3) is 0 Å². The second kappa shape index (κ2) is 8.98. The van der Waals surface area contributed by atoms with Gasteiger partial charge in [0.2, 0.25) is 0 Å². The third-order valence-corrected chi connectivity index (χ3v) is 5.64. The van der Waals surface area contributed by atoms with Crippen LogP contribution in [0.2, 0.25) is 0 Å². The highest BCUT2D eigenvalue weighted by molar-refractivity contribution is 6.12. The lowest BCUT2D eigenvalue weighted by Gasteiger charge is -2.54. The van der Waals surface area contributed by atoms with Crippen molar-refractivity contribution in [3.63, 3.8) is 0 Å². The molecule has 30 heavy (non-hydrogen) atoms. The maximum absolute atomic E-state index is 13.3. The van der Waals surface area contributed by atoms with Crippen LogP contribution < -0.4 is 10.6 Å². The van der Waals surface area contributed by atoms with Gasteiger partial charge in [-0.3, -0.25) is 9.78 Å². The number of hydrogen-bond acceptors (Lipinski definition) is 7. The Labute approximate surface area is 174 Å². The van der Waals surface area contributed by atoms with Crippen LogP contribution in [-0.4, -0.2) is 58.9 Å². The Bertz CT molecular complexity index is 958. The van der Waals surface area contributed by atoms with Crippen molar-refractivity contribution in [2.45, 2.75) is 26.3 Å². The standard InChI is InChI=1S/C19H22FN5O.C2H4N2/c1-11-12(2)23-18(8-22-11)25-9-13-5-6-24(10-17(13)25)19(26)15-4-3-14(20)7-16(15)21;3-1-2-4/h3-4,7-8,13,17H,5-6,9-10,21H2,1-2H3;1-4H/t13-,17-;/m0./s1. The van der Waals surface area contributed by atoms with Gasteiger partial charge in [-0.25, -0.2) is 9.37 Å². The molecule has 1 aromatic carbocycles. The van der Waals surface area contributed by atoms with E-state index in [-0.39, 0.29) is 17.6 Å². The van der Waals surface area contributed by atoms with Crippen molar-refractivity contribution in [3.05, 3.63) is 47.2 Å². The first-order chi connectivity index (χ1) is 14.3. The van der Waals surface area contributed by atoms with Gasteiger partial charge in [-0.15, -0.1) is 0 Å². The number of nitrogen functional groups attached to an aromatic ring is 1. The number of nitrogens with zero attached hydrogens (tertiary/aromatic N) is 4. The van der Waals surface area contributed by atoms with E-state index >= 15 is 0 Å². The summed E-state index contributed by atoms with van der Waals surface area (Å²) in [5.41, 5.74) is 8.24. The van der Waals surface area contributed by atoms with Gasteiger partial charge in [0.1, 0.15) is 11.6 Å². The molecule has 2 aliphatic heterocycles. The summed E-state index contributed by atoms with van der Waals surface area (Å²) < 4.78 is 13.3. The fourth-order valence-corrected chi connectivity index (χ4v) is 3.81. The Hall–Kier alpha value is -3.36. The average molecular weight is 411 g/mol. The van der Waals surface area contributed by atoms with Crippen molar-refractivity contribution in [1.82, 2.24) is 14.9 Å². The van der Waals surface area contributed by atoms with Crippen molar-refractivity contribution in [1.29, 1.82) is 10.8 Å². The molecule has 0 aliphatic carbocycles. The van der Waals surface area contributed by atoms with Crippen molar-refractivity contribution in [3.8, 4) is 0 Å². The second-order valence-electron chi connectivity index (χ2n) is 7.48. The Morgan fingerprint density at radius 3 is 2.60 bits per heavy atom. The maximum Gasteiger partial charge on any atom is 0.256 e. The molecule has 0 radical (unpaired) electrons. The zero-order valence-electron chi connectivity index (χ0n) is 17.1. The molecule has 0 unspecified atom stereocenters. The summed E-state index contributed by atoms with van der Waals surface area (Å²) in [6.45, 7) is 6.16. The number of nitrogens with two attached hydrogens (primary N) is 1. The Balaban J connectivity index is 0.000000589. The average Bonchev–Trinajstić information content (AvgIpc) is 2.71. The van der Waals surface area contributed by atoms with Gasteiger partial charge in [0, 0.05) is 43.7 Å². The molecule has 1 amide bonds. The zero-order valence-corrected chi connectivity index (χ0v) is 17.1. The summed E-state index contributed by atoms with van der Waals surface area (Å²) >= 11 is 0. The highest BCUT2D eigenvalue weighted by Gasteiger charge is 2.44. The molecule has 4 N–H and O–H groups in total. The molecule has 2 saturated heterocycles. The summed E-state index contributed by atoms with van der Waals surface area (Å²) in [6, 6.07) is 4.18. The van der Waals surface area contributed by atoms with Gasteiger partial charge in [0.05, 0.1) is 29.2 Å². The van der Waals surface area contributed by atoms with E-state index in [1.807, 2.05) is 18.7 Å². The van der Waals surface area contributed by atoms with Gasteiger partial charge in [0.15, 0.2) is 0 Å². The van der Waals surface area contributed by atoms with Gasteiger partial charge in [-0.2, -0.15) is 0 Å². The van der Waals surface area contributed by atoms with Crippen LogP contribution in [0.15, 0.2) is 24.4 Å². The Morgan fingerprint density at radius 1 is 1.23 bits per heavy atom. The molecular weight excluding hydrogens is 385 g/mol. The number of amides is 1. The molecule has 8 nitrogen and oxygen atoms in total. The van der Waals surface area contributed by atoms with E-state index in [4.69, 9.17) is 16.6 Å². The highest BCUT2D eigenvalue weighted by Crippen LogP contribution is 2.36. The van der Waals surface area contributed by atoms with Crippen LogP contribution in [0.1, 0.15) is 28.2 Å². The maximum atomic E-state index is 13.3. The van der Waals surface area contributed by atoms with Gasteiger partial charge >= 0.3 is 0 Å². The van der Waals surface area contributed by atoms with Gasteiger partial charge in [-0.05, 0) is 38.5 Å². The number of halogens is 1. The number of carbonyl (C=O) groups excluding carboxylic acids is 1. The lowest BCUT2D eigenvalue weighted by atomic mass is 9.82. The number of nitrogens with one attached hydrogen (secondary N) is 2. The lowest BCUT2D eigenvalue weighted by Crippen LogP contribution is -2.65. The minimum Gasteiger partial charge on any atom is -0.398 e. The summed E-state index contributed by atoms with van der Waals surface area (Å²) in [6.07, 6.45) is 4.59. The fourth-order valence-electron chi connectivity index (χ4n) is 3.81. The highest BCUT2D eigenvalue weighted by atomic mass is 19.1. The third kappa shape index (κ3) is 4.29. The normalized spacial score (nSPS) is 19.7. The van der Waals surface area contributed by atoms with E-state index < -0.39 is 5.82 Å². The monoisotopic (exact) mass is 411 g/mol. The summed E-state index contributed by atoms with van der Waals surface area (Å²) in [7, 11) is 0. The van der Waals surface area contributed by atoms with Crippen molar-refractivity contribution < 1.29 is 9.18 Å². The SMILES string of the molecule is Cc1ncc(N2C[C@@H]3CCN(C(=O)c4ccc(F)cc4N)C[C@@H]32)nc1C.N=CC=N. The third-order valence-electron chi connectivity index (χ3n) is 5.64. The second-order valence-corrected chi connectivity index (χ2v) is 7.48. The van der Waals surface area contributed by atoms with Gasteiger partial charge < -0.3 is 26.4 Å². The van der Waals surface area contributed by atoms with Crippen LogP contribution in [-0.2, 0) is 0 Å². The summed E-state index contributed by atoms with van der Waals surface area (Å²) in [4.78, 5) is 25.9. The van der Waals surface area contributed by atoms with Crippen LogP contribution in [0.3, 0.4) is 0 Å². The Morgan fingerprint density at radius 2 is 1.97 bits per heavy atom. The molecule has 158 valence electrons. The van der Waals surface area contributed by atoms with Gasteiger partial charge in [-0.1, -0.05) is 0 Å². The molecular formula is C21H26FN7O. The number of anilines is 2. The van der Waals surface area contributed by atoms with Crippen LogP contribution >= 0.6 is 0 Å². The largest absolute Gasteiger partial charge is 0.398 e. The molecule has 0 spiro atoms. The van der Waals surface area contributed by atoms with Crippen LogP contribution in [0.5, 0.6) is 0 Å². The minimum absolute atomic E-state index is 0.140. The van der Waals surface area contributed by atoms with Crippen LogP contribution in [0.4, 0.5) is 15.9 Å². The quantitative estimate of drug-likeness (QED) is 0.529. The first-order valence-electron chi connectivity index (χ1n) is 9.76. The smallest absolute Gasteiger partial charge is 0.256 e. The number of fused-ring (bicyclic) bond motifs is 1. The van der Waals surface area contributed by atoms with E-state index in [1.165, 1.54) is 18.2 Å². The molecule has 0 bridgehead atoms. The molecule has 1 aromatic heterocycles. The lowest BCUT2D eigenvalue weighted by molar-refractivity contribution is 0.0592. The molecule has 2 aromatic rings. The first-order valence-corrected chi connectivity index (χ1v) is 9.76. The number of likely N-dealkylation sites (tertiary alicyclic amines) is 1. The van der Waals surface area contributed by atoms with E-state index in [1.54, 1.807) is 6.20 Å². The van der Waals surface area contributed by atoms with Crippen molar-refractivity contribution >= 4 is 29.8 Å². The molecule has 2 fully saturated rings. The Kier molecular flexibility index (Phi) is 6.39. The predicted octanol–water partition coefficient (Wildman–Crippen LogP) is 2.45. The summed E-state index contributed by atoms with van der Waals surface area (Å²) in [5, 5.41) is 12.2. The number of aromatic nitrogens is 2. The number of hydrogen-bond donors (Lipinski definition) is 3. The van der Waals surface area contributed by atoms with Crippen molar-refractivity contribution in [2.24, 2.45) is 5.92 Å². The molecule has 2 atom stereocenters. The minimum atomic E-state index is -0.434. The summed E-state index contributed by atoms with van der Waals surface area (Å²) in [5.74, 6) is 0.855. The molecule has 4 rings (SSSR count).